The molecule has 1 aliphatic heterocycles. The Bertz CT molecular complexity index is 669. The first kappa shape index (κ1) is 15.6. The highest BCUT2D eigenvalue weighted by Crippen LogP contribution is 2.19. The van der Waals surface area contributed by atoms with Gasteiger partial charge in [-0.3, -0.25) is 4.79 Å². The van der Waals surface area contributed by atoms with E-state index in [0.717, 1.165) is 19.4 Å². The lowest BCUT2D eigenvalue weighted by atomic mass is 10.0. The second-order valence-electron chi connectivity index (χ2n) is 5.95. The van der Waals surface area contributed by atoms with Gasteiger partial charge in [0, 0.05) is 31.0 Å². The van der Waals surface area contributed by atoms with Crippen LogP contribution in [-0.4, -0.2) is 33.5 Å². The summed E-state index contributed by atoms with van der Waals surface area (Å²) < 4.78 is 18.1. The van der Waals surface area contributed by atoms with Crippen molar-refractivity contribution in [2.75, 3.05) is 6.54 Å². The number of aryl methyl sites for hydroxylation is 1. The molecular weight excluding hydrogens is 297 g/mol. The van der Waals surface area contributed by atoms with Crippen molar-refractivity contribution in [2.24, 2.45) is 0 Å². The van der Waals surface area contributed by atoms with Crippen LogP contribution in [0.25, 0.3) is 11.4 Å². The number of aromatic nitrogens is 2. The summed E-state index contributed by atoms with van der Waals surface area (Å²) in [6, 6.07) is 6.22. The van der Waals surface area contributed by atoms with Gasteiger partial charge < -0.3 is 9.42 Å². The van der Waals surface area contributed by atoms with Crippen LogP contribution in [0, 0.1) is 5.82 Å². The van der Waals surface area contributed by atoms with Crippen LogP contribution in [0.15, 0.2) is 28.8 Å². The largest absolute Gasteiger partial charge is 0.340 e. The molecule has 23 heavy (non-hydrogen) atoms. The fourth-order valence-corrected chi connectivity index (χ4v) is 2.90. The van der Waals surface area contributed by atoms with E-state index in [4.69, 9.17) is 4.52 Å². The zero-order valence-electron chi connectivity index (χ0n) is 13.2. The molecule has 2 heterocycles. The van der Waals surface area contributed by atoms with Gasteiger partial charge in [-0.15, -0.1) is 0 Å². The van der Waals surface area contributed by atoms with Gasteiger partial charge in [-0.05, 0) is 50.5 Å². The highest BCUT2D eigenvalue weighted by molar-refractivity contribution is 5.76. The number of amides is 1. The van der Waals surface area contributed by atoms with Crippen molar-refractivity contribution in [3.05, 3.63) is 36.0 Å². The number of nitrogens with zero attached hydrogens (tertiary/aromatic N) is 3. The molecule has 1 fully saturated rings. The number of hydrogen-bond acceptors (Lipinski definition) is 4. The van der Waals surface area contributed by atoms with Gasteiger partial charge in [-0.25, -0.2) is 4.39 Å². The molecule has 0 bridgehead atoms. The van der Waals surface area contributed by atoms with Gasteiger partial charge in [0.1, 0.15) is 5.82 Å². The normalized spacial score (nSPS) is 18.2. The maximum atomic E-state index is 12.9. The van der Waals surface area contributed by atoms with Crippen molar-refractivity contribution >= 4 is 5.91 Å². The van der Waals surface area contributed by atoms with Crippen LogP contribution in [0.3, 0.4) is 0 Å². The molecule has 1 aliphatic rings. The van der Waals surface area contributed by atoms with E-state index in [1.165, 1.54) is 18.6 Å². The molecule has 6 heteroatoms. The second kappa shape index (κ2) is 6.89. The van der Waals surface area contributed by atoms with Gasteiger partial charge in [-0.1, -0.05) is 5.16 Å². The molecule has 1 atom stereocenters. The fourth-order valence-electron chi connectivity index (χ4n) is 2.90. The van der Waals surface area contributed by atoms with Crippen molar-refractivity contribution < 1.29 is 13.7 Å². The van der Waals surface area contributed by atoms with Crippen LogP contribution in [0.4, 0.5) is 4.39 Å². The van der Waals surface area contributed by atoms with Crippen LogP contribution in [0.5, 0.6) is 0 Å². The minimum atomic E-state index is -0.307. The number of benzene rings is 1. The lowest BCUT2D eigenvalue weighted by Gasteiger charge is -2.33. The van der Waals surface area contributed by atoms with Gasteiger partial charge in [-0.2, -0.15) is 4.98 Å². The van der Waals surface area contributed by atoms with Crippen molar-refractivity contribution in [3.63, 3.8) is 0 Å². The first-order valence-corrected chi connectivity index (χ1v) is 8.01. The lowest BCUT2D eigenvalue weighted by molar-refractivity contribution is -0.134. The Hall–Kier alpha value is -2.24. The molecule has 1 aromatic carbocycles. The highest BCUT2D eigenvalue weighted by Gasteiger charge is 2.23. The number of carbonyl (C=O) groups is 1. The third kappa shape index (κ3) is 3.75. The van der Waals surface area contributed by atoms with Gasteiger partial charge in [0.15, 0.2) is 0 Å². The van der Waals surface area contributed by atoms with Crippen molar-refractivity contribution in [2.45, 2.75) is 45.1 Å². The Kier molecular flexibility index (Phi) is 4.69. The Morgan fingerprint density at radius 2 is 2.13 bits per heavy atom. The third-order valence-electron chi connectivity index (χ3n) is 4.25. The van der Waals surface area contributed by atoms with E-state index in [2.05, 4.69) is 17.1 Å². The summed E-state index contributed by atoms with van der Waals surface area (Å²) in [4.78, 5) is 18.5. The van der Waals surface area contributed by atoms with Gasteiger partial charge >= 0.3 is 0 Å². The zero-order chi connectivity index (χ0) is 16.2. The summed E-state index contributed by atoms with van der Waals surface area (Å²) in [5, 5.41) is 3.89. The van der Waals surface area contributed by atoms with E-state index in [1.807, 2.05) is 4.90 Å². The van der Waals surface area contributed by atoms with Crippen molar-refractivity contribution in [1.82, 2.24) is 15.0 Å². The predicted molar refractivity (Wildman–Crippen MR) is 83.0 cm³/mol. The number of rotatable bonds is 4. The molecule has 0 spiro atoms. The monoisotopic (exact) mass is 317 g/mol. The Balaban J connectivity index is 1.58. The topological polar surface area (TPSA) is 59.2 Å². The molecule has 3 rings (SSSR count). The SMILES string of the molecule is C[C@@H]1CCCCN1C(=O)CCc1nc(-c2ccc(F)cc2)no1. The maximum Gasteiger partial charge on any atom is 0.227 e. The first-order chi connectivity index (χ1) is 11.1. The molecule has 5 nitrogen and oxygen atoms in total. The van der Waals surface area contributed by atoms with Gasteiger partial charge in [0.05, 0.1) is 0 Å². The Morgan fingerprint density at radius 3 is 2.87 bits per heavy atom. The number of piperidine rings is 1. The second-order valence-corrected chi connectivity index (χ2v) is 5.95. The first-order valence-electron chi connectivity index (χ1n) is 8.01. The Labute approximate surface area is 134 Å². The molecule has 1 aromatic heterocycles. The summed E-state index contributed by atoms with van der Waals surface area (Å²) in [5.74, 6) is 0.679. The van der Waals surface area contributed by atoms with E-state index in [-0.39, 0.29) is 11.7 Å². The van der Waals surface area contributed by atoms with Crippen molar-refractivity contribution in [3.8, 4) is 11.4 Å². The summed E-state index contributed by atoms with van der Waals surface area (Å²) in [6.45, 7) is 2.93. The van der Waals surface area contributed by atoms with Crippen LogP contribution in [-0.2, 0) is 11.2 Å². The number of carbonyl (C=O) groups excluding carboxylic acids is 1. The van der Waals surface area contributed by atoms with E-state index in [9.17, 15) is 9.18 Å². The molecule has 1 amide bonds. The number of likely N-dealkylation sites (tertiary alicyclic amines) is 1. The molecule has 0 aliphatic carbocycles. The van der Waals surface area contributed by atoms with E-state index < -0.39 is 0 Å². The predicted octanol–water partition coefficient (Wildman–Crippen LogP) is 3.21. The summed E-state index contributed by atoms with van der Waals surface area (Å²) in [7, 11) is 0. The number of hydrogen-bond donors (Lipinski definition) is 0. The molecule has 0 radical (unpaired) electrons. The minimum Gasteiger partial charge on any atom is -0.340 e. The maximum absolute atomic E-state index is 12.9. The minimum absolute atomic E-state index is 0.138. The quantitative estimate of drug-likeness (QED) is 0.869. The molecular formula is C17H20FN3O2. The third-order valence-corrected chi connectivity index (χ3v) is 4.25. The Morgan fingerprint density at radius 1 is 1.35 bits per heavy atom. The molecule has 2 aromatic rings. The van der Waals surface area contributed by atoms with E-state index >= 15 is 0 Å². The number of halogens is 1. The summed E-state index contributed by atoms with van der Waals surface area (Å²) in [5.41, 5.74) is 0.692. The van der Waals surface area contributed by atoms with Gasteiger partial charge in [0.2, 0.25) is 17.6 Å². The van der Waals surface area contributed by atoms with Crippen LogP contribution in [0.1, 0.15) is 38.5 Å². The fraction of sp³-hybridized carbons (Fsp3) is 0.471. The summed E-state index contributed by atoms with van der Waals surface area (Å²) in [6.07, 6.45) is 4.13. The van der Waals surface area contributed by atoms with Crippen LogP contribution < -0.4 is 0 Å². The molecule has 0 unspecified atom stereocenters. The average molecular weight is 317 g/mol. The molecule has 122 valence electrons. The van der Waals surface area contributed by atoms with Crippen LogP contribution in [0.2, 0.25) is 0 Å². The van der Waals surface area contributed by atoms with Gasteiger partial charge in [0.25, 0.3) is 0 Å². The molecule has 1 saturated heterocycles. The average Bonchev–Trinajstić information content (AvgIpc) is 3.03. The van der Waals surface area contributed by atoms with Crippen molar-refractivity contribution in [1.29, 1.82) is 0 Å². The van der Waals surface area contributed by atoms with E-state index in [0.29, 0.717) is 36.2 Å². The highest BCUT2D eigenvalue weighted by atomic mass is 19.1. The lowest BCUT2D eigenvalue weighted by Crippen LogP contribution is -2.42. The van der Waals surface area contributed by atoms with E-state index in [1.54, 1.807) is 12.1 Å². The smallest absolute Gasteiger partial charge is 0.227 e. The molecule has 0 saturated carbocycles. The standard InChI is InChI=1S/C17H20FN3O2/c1-12-4-2-3-11-21(12)16(22)10-9-15-19-17(20-23-15)13-5-7-14(18)8-6-13/h5-8,12H,2-4,9-11H2,1H3/t12-/m1/s1. The molecule has 0 N–H and O–H groups in total. The zero-order valence-corrected chi connectivity index (χ0v) is 13.2. The summed E-state index contributed by atoms with van der Waals surface area (Å²) >= 11 is 0. The van der Waals surface area contributed by atoms with Crippen LogP contribution >= 0.6 is 0 Å².